The molecule has 1 aliphatic rings. The molecule has 1 aliphatic heterocycles. The normalized spacial score (nSPS) is 15.6. The molecule has 5 heteroatoms. The molecule has 15 heavy (non-hydrogen) atoms. The number of para-hydroxylation sites is 1. The van der Waals surface area contributed by atoms with E-state index in [4.69, 9.17) is 5.73 Å². The van der Waals surface area contributed by atoms with E-state index in [0.717, 1.165) is 12.3 Å². The molecule has 0 aliphatic carbocycles. The van der Waals surface area contributed by atoms with Gasteiger partial charge in [0.1, 0.15) is 0 Å². The summed E-state index contributed by atoms with van der Waals surface area (Å²) in [4.78, 5) is 13.6. The molecule has 0 bridgehead atoms. The molecular formula is C10H12N2O2S. The van der Waals surface area contributed by atoms with Crippen molar-refractivity contribution in [2.24, 2.45) is 0 Å². The second-order valence-electron chi connectivity index (χ2n) is 3.35. The van der Waals surface area contributed by atoms with Gasteiger partial charge in [0.25, 0.3) is 5.91 Å². The molecule has 0 aromatic heterocycles. The summed E-state index contributed by atoms with van der Waals surface area (Å²) >= 11 is 1.71. The van der Waals surface area contributed by atoms with Crippen LogP contribution in [-0.4, -0.2) is 34.1 Å². The number of hydrogen-bond donors (Lipinski definition) is 2. The van der Waals surface area contributed by atoms with Crippen LogP contribution in [0.25, 0.3) is 0 Å². The van der Waals surface area contributed by atoms with E-state index in [9.17, 15) is 9.90 Å². The third-order valence-corrected chi connectivity index (χ3v) is 3.30. The Kier molecular flexibility index (Phi) is 2.73. The van der Waals surface area contributed by atoms with E-state index in [0.29, 0.717) is 5.88 Å². The molecule has 1 aromatic rings. The number of rotatable bonds is 1. The number of carbonyl (C=O) groups excluding carboxylic acids is 1. The SMILES string of the molecule is Nc1cccc(C(=O)N2CCSC2)c1O. The number of nitrogens with zero attached hydrogens (tertiary/aromatic N) is 1. The van der Waals surface area contributed by atoms with Crippen molar-refractivity contribution in [3.8, 4) is 5.75 Å². The highest BCUT2D eigenvalue weighted by atomic mass is 32.2. The van der Waals surface area contributed by atoms with Gasteiger partial charge >= 0.3 is 0 Å². The zero-order valence-corrected chi connectivity index (χ0v) is 8.96. The van der Waals surface area contributed by atoms with E-state index in [1.165, 1.54) is 0 Å². The van der Waals surface area contributed by atoms with E-state index < -0.39 is 0 Å². The van der Waals surface area contributed by atoms with E-state index in [2.05, 4.69) is 0 Å². The molecule has 0 spiro atoms. The quantitative estimate of drug-likeness (QED) is 0.554. The second kappa shape index (κ2) is 4.02. The maximum absolute atomic E-state index is 11.9. The van der Waals surface area contributed by atoms with Crippen LogP contribution >= 0.6 is 11.8 Å². The van der Waals surface area contributed by atoms with Gasteiger partial charge < -0.3 is 15.7 Å². The molecule has 1 aromatic carbocycles. The molecule has 80 valence electrons. The summed E-state index contributed by atoms with van der Waals surface area (Å²) in [5, 5.41) is 9.65. The third kappa shape index (κ3) is 1.87. The molecule has 1 fully saturated rings. The largest absolute Gasteiger partial charge is 0.505 e. The minimum atomic E-state index is -0.148. The van der Waals surface area contributed by atoms with Crippen molar-refractivity contribution < 1.29 is 9.90 Å². The van der Waals surface area contributed by atoms with Crippen LogP contribution in [0.4, 0.5) is 5.69 Å². The molecule has 1 saturated heterocycles. The van der Waals surface area contributed by atoms with Gasteiger partial charge in [-0.05, 0) is 12.1 Å². The van der Waals surface area contributed by atoms with E-state index in [1.807, 2.05) is 0 Å². The Labute approximate surface area is 92.1 Å². The first-order chi connectivity index (χ1) is 7.20. The van der Waals surface area contributed by atoms with Crippen LogP contribution in [0.5, 0.6) is 5.75 Å². The van der Waals surface area contributed by atoms with Crippen LogP contribution in [0, 0.1) is 0 Å². The van der Waals surface area contributed by atoms with Crippen molar-refractivity contribution in [1.29, 1.82) is 0 Å². The van der Waals surface area contributed by atoms with Gasteiger partial charge in [-0.25, -0.2) is 0 Å². The highest BCUT2D eigenvalue weighted by molar-refractivity contribution is 7.99. The fourth-order valence-corrected chi connectivity index (χ4v) is 2.42. The standard InChI is InChI=1S/C10H12N2O2S/c11-8-3-1-2-7(9(8)13)10(14)12-4-5-15-6-12/h1-3,13H,4-6,11H2. The number of carbonyl (C=O) groups is 1. The maximum atomic E-state index is 11.9. The van der Waals surface area contributed by atoms with Crippen LogP contribution < -0.4 is 5.73 Å². The number of nitrogen functional groups attached to an aromatic ring is 1. The van der Waals surface area contributed by atoms with Crippen molar-refractivity contribution in [3.63, 3.8) is 0 Å². The summed E-state index contributed by atoms with van der Waals surface area (Å²) in [6, 6.07) is 4.84. The average Bonchev–Trinajstić information content (AvgIpc) is 2.74. The predicted octanol–water partition coefficient (Wildman–Crippen LogP) is 1.12. The predicted molar refractivity (Wildman–Crippen MR) is 60.9 cm³/mol. The summed E-state index contributed by atoms with van der Waals surface area (Å²) < 4.78 is 0. The number of benzene rings is 1. The lowest BCUT2D eigenvalue weighted by Gasteiger charge is -2.15. The Morgan fingerprint density at radius 3 is 3.00 bits per heavy atom. The number of anilines is 1. The number of hydrogen-bond acceptors (Lipinski definition) is 4. The van der Waals surface area contributed by atoms with Crippen molar-refractivity contribution >= 4 is 23.4 Å². The molecule has 3 N–H and O–H groups in total. The zero-order chi connectivity index (χ0) is 10.8. The van der Waals surface area contributed by atoms with Crippen molar-refractivity contribution in [2.75, 3.05) is 23.9 Å². The number of nitrogens with two attached hydrogens (primary N) is 1. The van der Waals surface area contributed by atoms with E-state index >= 15 is 0 Å². The molecule has 0 unspecified atom stereocenters. The van der Waals surface area contributed by atoms with Gasteiger partial charge in [-0.15, -0.1) is 11.8 Å². The Balaban J connectivity index is 2.28. The smallest absolute Gasteiger partial charge is 0.258 e. The molecule has 0 atom stereocenters. The summed E-state index contributed by atoms with van der Waals surface area (Å²) in [6.07, 6.45) is 0. The van der Waals surface area contributed by atoms with Crippen molar-refractivity contribution in [1.82, 2.24) is 4.90 Å². The Hall–Kier alpha value is -1.36. The lowest BCUT2D eigenvalue weighted by molar-refractivity contribution is 0.0800. The lowest BCUT2D eigenvalue weighted by atomic mass is 10.1. The minimum Gasteiger partial charge on any atom is -0.505 e. The average molecular weight is 224 g/mol. The first-order valence-electron chi connectivity index (χ1n) is 4.64. The minimum absolute atomic E-state index is 0.112. The highest BCUT2D eigenvalue weighted by Gasteiger charge is 2.22. The van der Waals surface area contributed by atoms with Gasteiger partial charge in [0, 0.05) is 12.3 Å². The number of amides is 1. The summed E-state index contributed by atoms with van der Waals surface area (Å²) in [6.45, 7) is 0.734. The van der Waals surface area contributed by atoms with Gasteiger partial charge in [-0.3, -0.25) is 4.79 Å². The van der Waals surface area contributed by atoms with Gasteiger partial charge in [0.15, 0.2) is 5.75 Å². The van der Waals surface area contributed by atoms with Crippen LogP contribution in [0.3, 0.4) is 0 Å². The Morgan fingerprint density at radius 1 is 1.53 bits per heavy atom. The third-order valence-electron chi connectivity index (χ3n) is 2.34. The summed E-state index contributed by atoms with van der Waals surface area (Å²) in [5.74, 6) is 1.38. The number of phenols is 1. The van der Waals surface area contributed by atoms with Crippen molar-refractivity contribution in [3.05, 3.63) is 23.8 Å². The van der Waals surface area contributed by atoms with Crippen LogP contribution in [0.2, 0.25) is 0 Å². The van der Waals surface area contributed by atoms with Gasteiger partial charge in [-0.2, -0.15) is 0 Å². The van der Waals surface area contributed by atoms with Crippen LogP contribution in [0.15, 0.2) is 18.2 Å². The molecule has 1 heterocycles. The van der Waals surface area contributed by atoms with Gasteiger partial charge in [0.05, 0.1) is 17.1 Å². The number of aromatic hydroxyl groups is 1. The Bertz CT molecular complexity index is 389. The van der Waals surface area contributed by atoms with Crippen LogP contribution in [0.1, 0.15) is 10.4 Å². The molecule has 4 nitrogen and oxygen atoms in total. The Morgan fingerprint density at radius 2 is 2.33 bits per heavy atom. The first-order valence-corrected chi connectivity index (χ1v) is 5.80. The summed E-state index contributed by atoms with van der Waals surface area (Å²) in [7, 11) is 0. The number of thioether (sulfide) groups is 1. The zero-order valence-electron chi connectivity index (χ0n) is 8.14. The topological polar surface area (TPSA) is 66.6 Å². The molecule has 0 radical (unpaired) electrons. The van der Waals surface area contributed by atoms with E-state index in [1.54, 1.807) is 34.9 Å². The van der Waals surface area contributed by atoms with Gasteiger partial charge in [0.2, 0.25) is 0 Å². The summed E-state index contributed by atoms with van der Waals surface area (Å²) in [5.41, 5.74) is 6.06. The van der Waals surface area contributed by atoms with Crippen LogP contribution in [-0.2, 0) is 0 Å². The number of phenolic OH excluding ortho intramolecular Hbond substituents is 1. The maximum Gasteiger partial charge on any atom is 0.258 e. The monoisotopic (exact) mass is 224 g/mol. The highest BCUT2D eigenvalue weighted by Crippen LogP contribution is 2.27. The fraction of sp³-hybridized carbons (Fsp3) is 0.300. The van der Waals surface area contributed by atoms with Gasteiger partial charge in [-0.1, -0.05) is 6.07 Å². The second-order valence-corrected chi connectivity index (χ2v) is 4.42. The molecular weight excluding hydrogens is 212 g/mol. The molecule has 0 saturated carbocycles. The molecule has 2 rings (SSSR count). The fourth-order valence-electron chi connectivity index (χ4n) is 1.48. The lowest BCUT2D eigenvalue weighted by Crippen LogP contribution is -2.27. The van der Waals surface area contributed by atoms with E-state index in [-0.39, 0.29) is 22.9 Å². The molecule has 1 amide bonds. The first kappa shape index (κ1) is 10.2. The van der Waals surface area contributed by atoms with Crippen molar-refractivity contribution in [2.45, 2.75) is 0 Å².